The van der Waals surface area contributed by atoms with E-state index in [1.54, 1.807) is 6.07 Å². The van der Waals surface area contributed by atoms with E-state index in [4.69, 9.17) is 8.92 Å². The van der Waals surface area contributed by atoms with E-state index < -0.39 is 10.3 Å². The van der Waals surface area contributed by atoms with Gasteiger partial charge in [-0.3, -0.25) is 4.18 Å². The standard InChI is InChI=1S/C21H24N4O5S/c1-29-20-12-17-18(13-19(20)26)22-15-23-21(17)24-8-5-9-25(11-10-24)31(27,28)30-14-16-6-3-2-4-7-16/h2-4,6-7,12-13,15,26H,5,8-11,14H2,1H3. The molecule has 0 saturated carbocycles. The minimum atomic E-state index is -3.85. The van der Waals surface area contributed by atoms with Crippen LogP contribution in [0.5, 0.6) is 11.5 Å². The molecule has 0 spiro atoms. The molecule has 1 aliphatic heterocycles. The SMILES string of the molecule is COc1cc2c(N3CCCN(S(=O)(=O)OCc4ccccc4)CC3)ncnc2cc1O. The number of methoxy groups -OCH3 is 1. The molecule has 1 aromatic heterocycles. The maximum Gasteiger partial charge on any atom is 0.338 e. The molecule has 31 heavy (non-hydrogen) atoms. The summed E-state index contributed by atoms with van der Waals surface area (Å²) in [6.07, 6.45) is 2.06. The van der Waals surface area contributed by atoms with E-state index in [-0.39, 0.29) is 18.9 Å². The molecule has 1 aliphatic rings. The first-order valence-electron chi connectivity index (χ1n) is 9.93. The fraction of sp³-hybridized carbons (Fsp3) is 0.333. The van der Waals surface area contributed by atoms with Crippen molar-refractivity contribution in [3.63, 3.8) is 0 Å². The van der Waals surface area contributed by atoms with E-state index in [9.17, 15) is 13.5 Å². The van der Waals surface area contributed by atoms with E-state index in [0.29, 0.717) is 43.1 Å². The minimum absolute atomic E-state index is 0.00310. The van der Waals surface area contributed by atoms with Gasteiger partial charge in [-0.1, -0.05) is 30.3 Å². The van der Waals surface area contributed by atoms with Gasteiger partial charge in [-0.15, -0.1) is 0 Å². The summed E-state index contributed by atoms with van der Waals surface area (Å²) in [5, 5.41) is 10.8. The quantitative estimate of drug-likeness (QED) is 0.618. The van der Waals surface area contributed by atoms with Crippen molar-refractivity contribution in [1.82, 2.24) is 14.3 Å². The van der Waals surface area contributed by atoms with E-state index in [1.165, 1.54) is 23.8 Å². The van der Waals surface area contributed by atoms with Crippen molar-refractivity contribution < 1.29 is 22.4 Å². The average molecular weight is 445 g/mol. The molecule has 3 aromatic rings. The monoisotopic (exact) mass is 444 g/mol. The summed E-state index contributed by atoms with van der Waals surface area (Å²) in [7, 11) is -2.37. The van der Waals surface area contributed by atoms with E-state index >= 15 is 0 Å². The Labute approximate surface area is 181 Å². The second-order valence-electron chi connectivity index (χ2n) is 7.18. The van der Waals surface area contributed by atoms with E-state index in [1.807, 2.05) is 35.2 Å². The van der Waals surface area contributed by atoms with E-state index in [0.717, 1.165) is 10.9 Å². The number of hydrogen-bond donors (Lipinski definition) is 1. The second kappa shape index (κ2) is 9.04. The fourth-order valence-electron chi connectivity index (χ4n) is 3.59. The third-order valence-corrected chi connectivity index (χ3v) is 6.62. The molecular weight excluding hydrogens is 420 g/mol. The van der Waals surface area contributed by atoms with Crippen LogP contribution in [0.15, 0.2) is 48.8 Å². The van der Waals surface area contributed by atoms with Gasteiger partial charge in [0.1, 0.15) is 12.1 Å². The van der Waals surface area contributed by atoms with Crippen molar-refractivity contribution in [1.29, 1.82) is 0 Å². The molecule has 9 nitrogen and oxygen atoms in total. The molecule has 0 radical (unpaired) electrons. The van der Waals surface area contributed by atoms with Gasteiger partial charge >= 0.3 is 10.3 Å². The molecule has 0 aliphatic carbocycles. The highest BCUT2D eigenvalue weighted by atomic mass is 32.2. The maximum absolute atomic E-state index is 12.7. The summed E-state index contributed by atoms with van der Waals surface area (Å²) in [4.78, 5) is 10.7. The molecule has 0 bridgehead atoms. The lowest BCUT2D eigenvalue weighted by atomic mass is 10.2. The van der Waals surface area contributed by atoms with Gasteiger partial charge in [-0.2, -0.15) is 12.7 Å². The van der Waals surface area contributed by atoms with Crippen molar-refractivity contribution in [2.24, 2.45) is 0 Å². The van der Waals surface area contributed by atoms with Crippen LogP contribution in [-0.4, -0.2) is 61.1 Å². The summed E-state index contributed by atoms with van der Waals surface area (Å²) >= 11 is 0. The highest BCUT2D eigenvalue weighted by Gasteiger charge is 2.27. The summed E-state index contributed by atoms with van der Waals surface area (Å²) < 4.78 is 37.3. The Bertz CT molecular complexity index is 1160. The zero-order valence-corrected chi connectivity index (χ0v) is 18.0. The van der Waals surface area contributed by atoms with Crippen LogP contribution < -0.4 is 9.64 Å². The zero-order valence-electron chi connectivity index (χ0n) is 17.1. The third kappa shape index (κ3) is 4.71. The number of anilines is 1. The van der Waals surface area contributed by atoms with Crippen LogP contribution in [0.2, 0.25) is 0 Å². The minimum Gasteiger partial charge on any atom is -0.504 e. The van der Waals surface area contributed by atoms with Gasteiger partial charge in [-0.05, 0) is 18.1 Å². The molecule has 164 valence electrons. The smallest absolute Gasteiger partial charge is 0.338 e. The Balaban J connectivity index is 1.50. The largest absolute Gasteiger partial charge is 0.504 e. The van der Waals surface area contributed by atoms with Gasteiger partial charge in [0.25, 0.3) is 0 Å². The normalized spacial score (nSPS) is 15.7. The molecule has 0 atom stereocenters. The van der Waals surface area contributed by atoms with Crippen LogP contribution in [0.1, 0.15) is 12.0 Å². The first kappa shape index (κ1) is 21.3. The van der Waals surface area contributed by atoms with Crippen molar-refractivity contribution in [2.45, 2.75) is 13.0 Å². The van der Waals surface area contributed by atoms with Crippen LogP contribution in [0.4, 0.5) is 5.82 Å². The van der Waals surface area contributed by atoms with Gasteiger partial charge in [0, 0.05) is 37.6 Å². The molecule has 0 amide bonds. The molecule has 1 fully saturated rings. The number of rotatable bonds is 6. The predicted octanol–water partition coefficient (Wildman–Crippen LogP) is 2.32. The third-order valence-electron chi connectivity index (χ3n) is 5.20. The number of phenols is 1. The average Bonchev–Trinajstić information content (AvgIpc) is 3.04. The topological polar surface area (TPSA) is 105 Å². The Morgan fingerprint density at radius 3 is 2.65 bits per heavy atom. The molecule has 1 saturated heterocycles. The highest BCUT2D eigenvalue weighted by Crippen LogP contribution is 2.34. The second-order valence-corrected chi connectivity index (χ2v) is 8.79. The lowest BCUT2D eigenvalue weighted by molar-refractivity contribution is 0.261. The summed E-state index contributed by atoms with van der Waals surface area (Å²) in [6, 6.07) is 12.4. The van der Waals surface area contributed by atoms with Crippen LogP contribution in [0, 0.1) is 0 Å². The van der Waals surface area contributed by atoms with Crippen molar-refractivity contribution in [3.05, 3.63) is 54.4 Å². The number of aromatic hydroxyl groups is 1. The Morgan fingerprint density at radius 2 is 1.87 bits per heavy atom. The Morgan fingerprint density at radius 1 is 1.06 bits per heavy atom. The molecule has 10 heteroatoms. The highest BCUT2D eigenvalue weighted by molar-refractivity contribution is 7.84. The van der Waals surface area contributed by atoms with E-state index in [2.05, 4.69) is 9.97 Å². The number of fused-ring (bicyclic) bond motifs is 1. The lowest BCUT2D eigenvalue weighted by Crippen LogP contribution is -2.36. The Hall–Kier alpha value is -2.95. The molecule has 4 rings (SSSR count). The predicted molar refractivity (Wildman–Crippen MR) is 116 cm³/mol. The number of aromatic nitrogens is 2. The lowest BCUT2D eigenvalue weighted by Gasteiger charge is -2.23. The van der Waals surface area contributed by atoms with Crippen LogP contribution >= 0.6 is 0 Å². The molecule has 1 N–H and O–H groups in total. The number of nitrogens with zero attached hydrogens (tertiary/aromatic N) is 4. The molecule has 2 heterocycles. The first-order chi connectivity index (χ1) is 15.0. The van der Waals surface area contributed by atoms with Crippen molar-refractivity contribution in [2.75, 3.05) is 38.2 Å². The van der Waals surface area contributed by atoms with Crippen molar-refractivity contribution in [3.8, 4) is 11.5 Å². The van der Waals surface area contributed by atoms with Gasteiger partial charge in [-0.25, -0.2) is 9.97 Å². The Kier molecular flexibility index (Phi) is 6.21. The summed E-state index contributed by atoms with van der Waals surface area (Å²) in [5.74, 6) is 1.01. The van der Waals surface area contributed by atoms with Crippen molar-refractivity contribution >= 4 is 27.0 Å². The van der Waals surface area contributed by atoms with Gasteiger partial charge in [0.05, 0.1) is 19.2 Å². The maximum atomic E-state index is 12.7. The number of hydrogen-bond acceptors (Lipinski definition) is 8. The van der Waals surface area contributed by atoms with Gasteiger partial charge in [0.15, 0.2) is 11.5 Å². The number of ether oxygens (including phenoxy) is 1. The van der Waals surface area contributed by atoms with Gasteiger partial charge < -0.3 is 14.7 Å². The first-order valence-corrected chi connectivity index (χ1v) is 11.3. The summed E-state index contributed by atoms with van der Waals surface area (Å²) in [5.41, 5.74) is 1.38. The molecule has 0 unspecified atom stereocenters. The number of phenolic OH excluding ortho intramolecular Hbond substituents is 1. The van der Waals surface area contributed by atoms with Gasteiger partial charge in [0.2, 0.25) is 0 Å². The summed E-state index contributed by atoms with van der Waals surface area (Å²) in [6.45, 7) is 1.71. The van der Waals surface area contributed by atoms with Crippen LogP contribution in [-0.2, 0) is 21.1 Å². The molecular formula is C21H24N4O5S. The van der Waals surface area contributed by atoms with Crippen LogP contribution in [0.3, 0.4) is 0 Å². The number of benzene rings is 2. The zero-order chi connectivity index (χ0) is 21.8. The molecule has 2 aromatic carbocycles. The van der Waals surface area contributed by atoms with Crippen LogP contribution in [0.25, 0.3) is 10.9 Å². The fourth-order valence-corrected chi connectivity index (χ4v) is 4.69.